The van der Waals surface area contributed by atoms with Crippen molar-refractivity contribution in [2.24, 2.45) is 0 Å². The van der Waals surface area contributed by atoms with E-state index < -0.39 is 0 Å². The van der Waals surface area contributed by atoms with Gasteiger partial charge in [0.1, 0.15) is 4.32 Å². The number of nitrogens with one attached hydrogen (secondary N) is 1. The van der Waals surface area contributed by atoms with Crippen LogP contribution in [0.2, 0.25) is 0 Å². The minimum Gasteiger partial charge on any atom is -0.326 e. The van der Waals surface area contributed by atoms with E-state index in [1.54, 1.807) is 4.90 Å². The zero-order valence-electron chi connectivity index (χ0n) is 15.1. The molecule has 1 fully saturated rings. The summed E-state index contributed by atoms with van der Waals surface area (Å²) in [5.41, 5.74) is 3.22. The second-order valence-electron chi connectivity index (χ2n) is 6.34. The standard InChI is InChI=1S/C19H26N2O2S2/c1-4-15-10-8-9-13(2)17(15)20-16(22)11-6-5-7-12-21-18(23)14(3)25-19(21)24/h8-10,14H,4-7,11-12H2,1-3H3,(H,20,22). The predicted octanol–water partition coefficient (Wildman–Crippen LogP) is 4.31. The third-order valence-corrected chi connectivity index (χ3v) is 5.89. The first-order chi connectivity index (χ1) is 11.9. The van der Waals surface area contributed by atoms with Crippen molar-refractivity contribution >= 4 is 45.8 Å². The summed E-state index contributed by atoms with van der Waals surface area (Å²) in [6.45, 7) is 6.66. The van der Waals surface area contributed by atoms with Crippen molar-refractivity contribution in [1.29, 1.82) is 0 Å². The van der Waals surface area contributed by atoms with Gasteiger partial charge < -0.3 is 5.32 Å². The normalized spacial score (nSPS) is 17.2. The summed E-state index contributed by atoms with van der Waals surface area (Å²) >= 11 is 6.68. The molecule has 1 aromatic carbocycles. The molecule has 136 valence electrons. The molecule has 0 aromatic heterocycles. The average molecular weight is 379 g/mol. The summed E-state index contributed by atoms with van der Waals surface area (Å²) in [5.74, 6) is 0.167. The molecule has 1 heterocycles. The number of anilines is 1. The van der Waals surface area contributed by atoms with E-state index >= 15 is 0 Å². The number of amides is 2. The lowest BCUT2D eigenvalue weighted by Gasteiger charge is -2.15. The molecule has 0 bridgehead atoms. The quantitative estimate of drug-likeness (QED) is 0.541. The molecular weight excluding hydrogens is 352 g/mol. The van der Waals surface area contributed by atoms with E-state index in [0.29, 0.717) is 17.3 Å². The molecule has 1 unspecified atom stereocenters. The average Bonchev–Trinajstić information content (AvgIpc) is 2.82. The summed E-state index contributed by atoms with van der Waals surface area (Å²) in [5, 5.41) is 3.00. The van der Waals surface area contributed by atoms with E-state index in [1.807, 2.05) is 26.0 Å². The van der Waals surface area contributed by atoms with Gasteiger partial charge in [0.05, 0.1) is 5.25 Å². The molecule has 1 aliphatic heterocycles. The fourth-order valence-corrected chi connectivity index (χ4v) is 4.37. The van der Waals surface area contributed by atoms with Gasteiger partial charge in [-0.15, -0.1) is 0 Å². The van der Waals surface area contributed by atoms with E-state index in [4.69, 9.17) is 12.2 Å². The number of carbonyl (C=O) groups excluding carboxylic acids is 2. The lowest BCUT2D eigenvalue weighted by Crippen LogP contribution is -2.31. The van der Waals surface area contributed by atoms with Crippen LogP contribution in [-0.2, 0) is 16.0 Å². The van der Waals surface area contributed by atoms with Gasteiger partial charge in [-0.05, 0) is 44.2 Å². The Hall–Kier alpha value is -1.40. The number of hydrogen-bond acceptors (Lipinski definition) is 4. The number of benzene rings is 1. The number of nitrogens with zero attached hydrogens (tertiary/aromatic N) is 1. The SMILES string of the molecule is CCc1cccc(C)c1NC(=O)CCCCCN1C(=O)C(C)SC1=S. The highest BCUT2D eigenvalue weighted by Crippen LogP contribution is 2.27. The first-order valence-corrected chi connectivity index (χ1v) is 10.1. The third-order valence-electron chi connectivity index (χ3n) is 4.40. The van der Waals surface area contributed by atoms with Gasteiger partial charge in [-0.25, -0.2) is 0 Å². The Morgan fingerprint density at radius 2 is 2.08 bits per heavy atom. The zero-order chi connectivity index (χ0) is 18.4. The highest BCUT2D eigenvalue weighted by Gasteiger charge is 2.32. The van der Waals surface area contributed by atoms with Crippen LogP contribution in [0, 0.1) is 6.92 Å². The van der Waals surface area contributed by atoms with Crippen LogP contribution in [0.25, 0.3) is 0 Å². The van der Waals surface area contributed by atoms with Gasteiger partial charge in [-0.3, -0.25) is 14.5 Å². The number of unbranched alkanes of at least 4 members (excludes halogenated alkanes) is 2. The van der Waals surface area contributed by atoms with E-state index in [0.717, 1.165) is 36.9 Å². The first-order valence-electron chi connectivity index (χ1n) is 8.84. The minimum atomic E-state index is -0.0554. The predicted molar refractivity (Wildman–Crippen MR) is 109 cm³/mol. The summed E-state index contributed by atoms with van der Waals surface area (Å²) in [4.78, 5) is 25.8. The van der Waals surface area contributed by atoms with Gasteiger partial charge in [-0.2, -0.15) is 0 Å². The monoisotopic (exact) mass is 378 g/mol. The van der Waals surface area contributed by atoms with Gasteiger partial charge in [0, 0.05) is 18.7 Å². The Bertz CT molecular complexity index is 661. The fraction of sp³-hybridized carbons (Fsp3) is 0.526. The Kier molecular flexibility index (Phi) is 7.44. The van der Waals surface area contributed by atoms with Crippen LogP contribution in [0.1, 0.15) is 50.7 Å². The molecule has 0 aliphatic carbocycles. The van der Waals surface area contributed by atoms with E-state index in [2.05, 4.69) is 18.3 Å². The molecule has 0 spiro atoms. The number of thiocarbonyl (C=S) groups is 1. The maximum Gasteiger partial charge on any atom is 0.241 e. The molecule has 1 aromatic rings. The summed E-state index contributed by atoms with van der Waals surface area (Å²) in [6, 6.07) is 6.09. The smallest absolute Gasteiger partial charge is 0.241 e. The van der Waals surface area contributed by atoms with Gasteiger partial charge >= 0.3 is 0 Å². The van der Waals surface area contributed by atoms with E-state index in [-0.39, 0.29) is 17.1 Å². The van der Waals surface area contributed by atoms with Gasteiger partial charge in [0.2, 0.25) is 11.8 Å². The van der Waals surface area contributed by atoms with Crippen LogP contribution in [0.5, 0.6) is 0 Å². The number of rotatable bonds is 8. The number of hydrogen-bond donors (Lipinski definition) is 1. The van der Waals surface area contributed by atoms with Gasteiger partial charge in [0.15, 0.2) is 0 Å². The fourth-order valence-electron chi connectivity index (χ4n) is 2.91. The summed E-state index contributed by atoms with van der Waals surface area (Å²) in [6.07, 6.45) is 4.00. The Labute approximate surface area is 159 Å². The number of carbonyl (C=O) groups is 2. The van der Waals surface area contributed by atoms with Crippen molar-refractivity contribution < 1.29 is 9.59 Å². The highest BCUT2D eigenvalue weighted by molar-refractivity contribution is 8.24. The third kappa shape index (κ3) is 5.28. The molecule has 4 nitrogen and oxygen atoms in total. The molecular formula is C19H26N2O2S2. The maximum absolute atomic E-state index is 12.2. The van der Waals surface area contributed by atoms with E-state index in [9.17, 15) is 9.59 Å². The molecule has 6 heteroatoms. The molecule has 1 aliphatic rings. The van der Waals surface area contributed by atoms with Crippen LogP contribution in [-0.4, -0.2) is 32.8 Å². The topological polar surface area (TPSA) is 49.4 Å². The molecule has 0 saturated carbocycles. The largest absolute Gasteiger partial charge is 0.326 e. The molecule has 1 N–H and O–H groups in total. The van der Waals surface area contributed by atoms with Crippen molar-refractivity contribution in [2.75, 3.05) is 11.9 Å². The molecule has 1 saturated heterocycles. The van der Waals surface area contributed by atoms with Crippen LogP contribution in [0.3, 0.4) is 0 Å². The summed E-state index contributed by atoms with van der Waals surface area (Å²) < 4.78 is 0.682. The second-order valence-corrected chi connectivity index (χ2v) is 8.31. The van der Waals surface area contributed by atoms with Gasteiger partial charge in [-0.1, -0.05) is 55.5 Å². The van der Waals surface area contributed by atoms with E-state index in [1.165, 1.54) is 17.3 Å². The second kappa shape index (κ2) is 9.34. The Morgan fingerprint density at radius 3 is 2.72 bits per heavy atom. The Morgan fingerprint density at radius 1 is 1.32 bits per heavy atom. The van der Waals surface area contributed by atoms with Crippen LogP contribution in [0.4, 0.5) is 5.69 Å². The molecule has 1 atom stereocenters. The zero-order valence-corrected chi connectivity index (χ0v) is 16.8. The lowest BCUT2D eigenvalue weighted by atomic mass is 10.1. The molecule has 2 rings (SSSR count). The van der Waals surface area contributed by atoms with Crippen LogP contribution in [0.15, 0.2) is 18.2 Å². The Balaban J connectivity index is 1.71. The van der Waals surface area contributed by atoms with Crippen molar-refractivity contribution in [1.82, 2.24) is 4.90 Å². The molecule has 2 amide bonds. The summed E-state index contributed by atoms with van der Waals surface area (Å²) in [7, 11) is 0. The lowest BCUT2D eigenvalue weighted by molar-refractivity contribution is -0.125. The van der Waals surface area contributed by atoms with Crippen molar-refractivity contribution in [3.05, 3.63) is 29.3 Å². The van der Waals surface area contributed by atoms with Crippen molar-refractivity contribution in [2.45, 2.75) is 58.1 Å². The van der Waals surface area contributed by atoms with Crippen molar-refractivity contribution in [3.63, 3.8) is 0 Å². The van der Waals surface area contributed by atoms with Gasteiger partial charge in [0.25, 0.3) is 0 Å². The highest BCUT2D eigenvalue weighted by atomic mass is 32.2. The maximum atomic E-state index is 12.2. The van der Waals surface area contributed by atoms with Crippen molar-refractivity contribution in [3.8, 4) is 0 Å². The minimum absolute atomic E-state index is 0.0554. The molecule has 0 radical (unpaired) electrons. The number of aryl methyl sites for hydroxylation is 2. The van der Waals surface area contributed by atoms with Crippen LogP contribution >= 0.6 is 24.0 Å². The number of thioether (sulfide) groups is 1. The number of para-hydroxylation sites is 1. The van der Waals surface area contributed by atoms with Crippen LogP contribution < -0.4 is 5.32 Å². The first kappa shape index (κ1) is 19.9. The molecule has 25 heavy (non-hydrogen) atoms.